The van der Waals surface area contributed by atoms with Crippen molar-refractivity contribution in [3.05, 3.63) is 47.3 Å². The van der Waals surface area contributed by atoms with Crippen molar-refractivity contribution in [1.82, 2.24) is 0 Å². The molecule has 58 valence electrons. The molecule has 0 heterocycles. The number of nitrogens with one attached hydrogen (secondary N) is 1. The lowest BCUT2D eigenvalue weighted by Gasteiger charge is -2.07. The predicted octanol–water partition coefficient (Wildman–Crippen LogP) is 0.670. The van der Waals surface area contributed by atoms with Crippen LogP contribution in [0.5, 0.6) is 0 Å². The highest BCUT2D eigenvalue weighted by molar-refractivity contribution is 5.47. The Morgan fingerprint density at radius 3 is 2.45 bits per heavy atom. The van der Waals surface area contributed by atoms with Gasteiger partial charge in [0.1, 0.15) is 0 Å². The van der Waals surface area contributed by atoms with Crippen molar-refractivity contribution in [3.8, 4) is 0 Å². The Morgan fingerprint density at radius 1 is 1.27 bits per heavy atom. The average Bonchev–Trinajstić information content (AvgIpc) is 2.03. The molecule has 11 heavy (non-hydrogen) atoms. The minimum atomic E-state index is 0.0776. The summed E-state index contributed by atoms with van der Waals surface area (Å²) in [7, 11) is 1.54. The summed E-state index contributed by atoms with van der Waals surface area (Å²) >= 11 is 0. The molecule has 1 aromatic rings. The van der Waals surface area contributed by atoms with Gasteiger partial charge in [-0.15, -0.1) is 0 Å². The molecule has 0 amide bonds. The average molecular weight is 149 g/mol. The Morgan fingerprint density at radius 2 is 1.91 bits per heavy atom. The van der Waals surface area contributed by atoms with E-state index in [1.54, 1.807) is 13.2 Å². The molecule has 0 fully saturated rings. The zero-order chi connectivity index (χ0) is 8.10. The van der Waals surface area contributed by atoms with Crippen LogP contribution < -0.4 is 5.06 Å². The molecule has 0 aliphatic rings. The van der Waals surface area contributed by atoms with Crippen molar-refractivity contribution in [3.63, 3.8) is 0 Å². The third-order valence-electron chi connectivity index (χ3n) is 1.31. The van der Waals surface area contributed by atoms with E-state index in [1.807, 2.05) is 36.4 Å². The minimum absolute atomic E-state index is 0.0776. The molecule has 2 heteroatoms. The van der Waals surface area contributed by atoms with E-state index in [2.05, 4.69) is 0 Å². The van der Waals surface area contributed by atoms with Crippen molar-refractivity contribution >= 4 is 6.08 Å². The lowest BCUT2D eigenvalue weighted by atomic mass is 10.2. The summed E-state index contributed by atoms with van der Waals surface area (Å²) in [6.07, 6.45) is 3.37. The van der Waals surface area contributed by atoms with E-state index in [9.17, 15) is 5.21 Å². The molecule has 2 nitrogen and oxygen atoms in total. The normalized spacial score (nSPS) is 13.6. The molecule has 0 bridgehead atoms. The van der Waals surface area contributed by atoms with E-state index in [0.717, 1.165) is 5.56 Å². The van der Waals surface area contributed by atoms with Crippen molar-refractivity contribution < 1.29 is 5.06 Å². The zero-order valence-electron chi connectivity index (χ0n) is 6.45. The number of benzene rings is 1. The number of quaternary nitrogens is 1. The standard InChI is InChI=1S/C9H11NO/c1-10(11)8-7-9-5-3-2-4-6-9/h2-8,10H,1H3/b8-7+. The maximum Gasteiger partial charge on any atom is 0.0946 e. The first-order valence-electron chi connectivity index (χ1n) is 3.53. The molecular weight excluding hydrogens is 138 g/mol. The molecule has 0 saturated heterocycles. The first-order chi connectivity index (χ1) is 5.29. The molecule has 1 unspecified atom stereocenters. The lowest BCUT2D eigenvalue weighted by molar-refractivity contribution is -0.765. The molecule has 0 radical (unpaired) electrons. The molecular formula is C9H11NO. The van der Waals surface area contributed by atoms with E-state index < -0.39 is 0 Å². The highest BCUT2D eigenvalue weighted by Gasteiger charge is 1.82. The molecule has 0 spiro atoms. The van der Waals surface area contributed by atoms with Crippen LogP contribution in [0.2, 0.25) is 0 Å². The maximum absolute atomic E-state index is 10.5. The van der Waals surface area contributed by atoms with Crippen molar-refractivity contribution in [2.75, 3.05) is 7.05 Å². The first kappa shape index (κ1) is 7.98. The van der Waals surface area contributed by atoms with E-state index in [4.69, 9.17) is 0 Å². The fourth-order valence-corrected chi connectivity index (χ4v) is 0.778. The summed E-state index contributed by atoms with van der Waals surface area (Å²) in [6.45, 7) is 0. The third kappa shape index (κ3) is 2.98. The summed E-state index contributed by atoms with van der Waals surface area (Å²) < 4.78 is 0. The molecule has 0 saturated carbocycles. The molecule has 0 aliphatic carbocycles. The van der Waals surface area contributed by atoms with E-state index in [-0.39, 0.29) is 5.06 Å². The zero-order valence-corrected chi connectivity index (χ0v) is 6.45. The number of hydroxylamine groups is 2. The third-order valence-corrected chi connectivity index (χ3v) is 1.31. The van der Waals surface area contributed by atoms with Crippen LogP contribution >= 0.6 is 0 Å². The molecule has 0 aliphatic heterocycles. The molecule has 1 atom stereocenters. The van der Waals surface area contributed by atoms with Gasteiger partial charge in [-0.2, -0.15) is 0 Å². The van der Waals surface area contributed by atoms with Gasteiger partial charge in [-0.3, -0.25) is 0 Å². The number of hydrogen-bond acceptors (Lipinski definition) is 1. The predicted molar refractivity (Wildman–Crippen MR) is 45.7 cm³/mol. The molecule has 1 rings (SSSR count). The van der Waals surface area contributed by atoms with Gasteiger partial charge in [0.2, 0.25) is 0 Å². The van der Waals surface area contributed by atoms with Gasteiger partial charge in [0.25, 0.3) is 0 Å². The summed E-state index contributed by atoms with van der Waals surface area (Å²) in [4.78, 5) is 0. The van der Waals surface area contributed by atoms with E-state index in [1.165, 1.54) is 0 Å². The van der Waals surface area contributed by atoms with Gasteiger partial charge in [-0.1, -0.05) is 30.3 Å². The van der Waals surface area contributed by atoms with Crippen LogP contribution in [0.1, 0.15) is 5.56 Å². The van der Waals surface area contributed by atoms with Crippen LogP contribution in [0.15, 0.2) is 36.5 Å². The van der Waals surface area contributed by atoms with Crippen LogP contribution in [0, 0.1) is 5.21 Å². The second kappa shape index (κ2) is 3.91. The van der Waals surface area contributed by atoms with Crippen LogP contribution in [-0.4, -0.2) is 7.05 Å². The van der Waals surface area contributed by atoms with Crippen molar-refractivity contribution in [2.24, 2.45) is 0 Å². The van der Waals surface area contributed by atoms with Crippen LogP contribution in [0.4, 0.5) is 0 Å². The summed E-state index contributed by atoms with van der Waals surface area (Å²) in [5.41, 5.74) is 1.06. The van der Waals surface area contributed by atoms with Gasteiger partial charge in [0.05, 0.1) is 13.2 Å². The van der Waals surface area contributed by atoms with Gasteiger partial charge < -0.3 is 10.3 Å². The number of hydrogen-bond donors (Lipinski definition) is 1. The summed E-state index contributed by atoms with van der Waals surface area (Å²) in [5, 5.41) is 10.6. The fourth-order valence-electron chi connectivity index (χ4n) is 0.778. The quantitative estimate of drug-likeness (QED) is 0.615. The Kier molecular flexibility index (Phi) is 2.83. The molecule has 0 aromatic heterocycles. The Bertz CT molecular complexity index is 229. The van der Waals surface area contributed by atoms with Gasteiger partial charge in [0, 0.05) is 0 Å². The van der Waals surface area contributed by atoms with Crippen LogP contribution in [0.3, 0.4) is 0 Å². The monoisotopic (exact) mass is 149 g/mol. The Hall–Kier alpha value is -1.12. The largest absolute Gasteiger partial charge is 0.629 e. The van der Waals surface area contributed by atoms with Crippen LogP contribution in [-0.2, 0) is 0 Å². The van der Waals surface area contributed by atoms with Gasteiger partial charge in [0.15, 0.2) is 0 Å². The van der Waals surface area contributed by atoms with Crippen LogP contribution in [0.25, 0.3) is 6.08 Å². The Balaban J connectivity index is 2.65. The fraction of sp³-hybridized carbons (Fsp3) is 0.111. The summed E-state index contributed by atoms with van der Waals surface area (Å²) in [6, 6.07) is 9.75. The van der Waals surface area contributed by atoms with Gasteiger partial charge in [-0.25, -0.2) is 0 Å². The highest BCUT2D eigenvalue weighted by atomic mass is 16.5. The van der Waals surface area contributed by atoms with E-state index >= 15 is 0 Å². The Labute approximate surface area is 66.3 Å². The second-order valence-corrected chi connectivity index (χ2v) is 2.35. The van der Waals surface area contributed by atoms with Crippen molar-refractivity contribution in [2.45, 2.75) is 0 Å². The van der Waals surface area contributed by atoms with Gasteiger partial charge in [-0.05, 0) is 11.6 Å². The summed E-state index contributed by atoms with van der Waals surface area (Å²) in [5.74, 6) is 0. The SMILES string of the molecule is C[NH+]([O-])/C=C/c1ccccc1. The maximum atomic E-state index is 10.5. The molecule has 1 N–H and O–H groups in total. The van der Waals surface area contributed by atoms with Crippen molar-refractivity contribution in [1.29, 1.82) is 0 Å². The van der Waals surface area contributed by atoms with E-state index in [0.29, 0.717) is 0 Å². The number of rotatable bonds is 2. The minimum Gasteiger partial charge on any atom is -0.629 e. The molecule has 1 aromatic carbocycles. The lowest BCUT2D eigenvalue weighted by Crippen LogP contribution is -2.98. The topological polar surface area (TPSA) is 27.5 Å². The second-order valence-electron chi connectivity index (χ2n) is 2.35. The first-order valence-corrected chi connectivity index (χ1v) is 3.53. The highest BCUT2D eigenvalue weighted by Crippen LogP contribution is 1.98. The smallest absolute Gasteiger partial charge is 0.0946 e. The van der Waals surface area contributed by atoms with Gasteiger partial charge >= 0.3 is 0 Å².